The van der Waals surface area contributed by atoms with Gasteiger partial charge in [-0.05, 0) is 19.3 Å². The van der Waals surface area contributed by atoms with Gasteiger partial charge in [0.05, 0.1) is 18.1 Å². The van der Waals surface area contributed by atoms with E-state index in [0.29, 0.717) is 26.1 Å². The van der Waals surface area contributed by atoms with Gasteiger partial charge in [0.1, 0.15) is 5.82 Å². The molecule has 3 heterocycles. The van der Waals surface area contributed by atoms with Crippen LogP contribution in [0.3, 0.4) is 0 Å². The van der Waals surface area contributed by atoms with Crippen LogP contribution in [0.25, 0.3) is 0 Å². The van der Waals surface area contributed by atoms with Crippen LogP contribution < -0.4 is 5.69 Å². The highest BCUT2D eigenvalue weighted by molar-refractivity contribution is 5.79. The van der Waals surface area contributed by atoms with E-state index in [1.807, 2.05) is 4.90 Å². The lowest BCUT2D eigenvalue weighted by atomic mass is 9.95. The van der Waals surface area contributed by atoms with Gasteiger partial charge in [-0.15, -0.1) is 0 Å². The van der Waals surface area contributed by atoms with Gasteiger partial charge in [-0.1, -0.05) is 12.8 Å². The number of carbonyl (C=O) groups is 1. The Morgan fingerprint density at radius 3 is 2.91 bits per heavy atom. The highest BCUT2D eigenvalue weighted by atomic mass is 16.5. The summed E-state index contributed by atoms with van der Waals surface area (Å²) in [4.78, 5) is 27.0. The first-order valence-electron chi connectivity index (χ1n) is 8.63. The second-order valence-corrected chi connectivity index (χ2v) is 7.17. The van der Waals surface area contributed by atoms with Crippen molar-refractivity contribution in [1.29, 1.82) is 0 Å². The maximum Gasteiger partial charge on any atom is 0.345 e. The zero-order valence-corrected chi connectivity index (χ0v) is 13.7. The molecule has 2 fully saturated rings. The lowest BCUT2D eigenvalue weighted by Crippen LogP contribution is -2.54. The molecule has 1 aliphatic carbocycles. The van der Waals surface area contributed by atoms with Gasteiger partial charge in [0.25, 0.3) is 0 Å². The van der Waals surface area contributed by atoms with Crippen molar-refractivity contribution in [3.05, 3.63) is 16.3 Å². The lowest BCUT2D eigenvalue weighted by molar-refractivity contribution is -0.154. The molecule has 7 nitrogen and oxygen atoms in total. The first-order valence-corrected chi connectivity index (χ1v) is 8.63. The highest BCUT2D eigenvalue weighted by Gasteiger charge is 2.42. The third-order valence-electron chi connectivity index (χ3n) is 5.63. The number of morpholine rings is 1. The number of carbonyl (C=O) groups excluding carboxylic acids is 1. The van der Waals surface area contributed by atoms with Crippen LogP contribution in [0, 0.1) is 5.92 Å². The Balaban J connectivity index is 1.49. The summed E-state index contributed by atoms with van der Waals surface area (Å²) in [6.45, 7) is 2.49. The quantitative estimate of drug-likeness (QED) is 0.747. The third kappa shape index (κ3) is 2.51. The summed E-state index contributed by atoms with van der Waals surface area (Å²) >= 11 is 0. The van der Waals surface area contributed by atoms with Crippen molar-refractivity contribution in [2.24, 2.45) is 13.0 Å². The zero-order valence-electron chi connectivity index (χ0n) is 13.7. The van der Waals surface area contributed by atoms with Crippen LogP contribution in [0.5, 0.6) is 0 Å². The van der Waals surface area contributed by atoms with Gasteiger partial charge < -0.3 is 9.64 Å². The average molecular weight is 320 g/mol. The van der Waals surface area contributed by atoms with Crippen molar-refractivity contribution >= 4 is 5.91 Å². The van der Waals surface area contributed by atoms with Crippen LogP contribution in [-0.2, 0) is 29.5 Å². The SMILES string of the molecule is Cn1nc2n(c1=O)CC(C(=O)N1CCOC3(CCCC3)C1)CC2. The molecule has 1 aromatic rings. The number of nitrogens with zero attached hydrogens (tertiary/aromatic N) is 4. The molecule has 4 rings (SSSR count). The van der Waals surface area contributed by atoms with E-state index in [4.69, 9.17) is 4.74 Å². The molecular weight excluding hydrogens is 296 g/mol. The van der Waals surface area contributed by atoms with E-state index in [1.54, 1.807) is 11.6 Å². The van der Waals surface area contributed by atoms with Crippen LogP contribution in [0.1, 0.15) is 37.9 Å². The molecule has 23 heavy (non-hydrogen) atoms. The molecule has 1 atom stereocenters. The van der Waals surface area contributed by atoms with Crippen molar-refractivity contribution in [2.75, 3.05) is 19.7 Å². The Hall–Kier alpha value is -1.63. The minimum absolute atomic E-state index is 0.0983. The Labute approximate surface area is 135 Å². The molecule has 1 saturated carbocycles. The predicted molar refractivity (Wildman–Crippen MR) is 83.0 cm³/mol. The summed E-state index contributed by atoms with van der Waals surface area (Å²) in [5.41, 5.74) is -0.217. The van der Waals surface area contributed by atoms with Crippen molar-refractivity contribution in [1.82, 2.24) is 19.2 Å². The molecule has 3 aliphatic rings. The summed E-state index contributed by atoms with van der Waals surface area (Å²) in [6.07, 6.45) is 5.99. The normalized spacial score (nSPS) is 26.5. The average Bonchev–Trinajstić information content (AvgIpc) is 3.12. The molecule has 1 aromatic heterocycles. The second kappa shape index (κ2) is 5.47. The maximum atomic E-state index is 12.9. The molecule has 2 aliphatic heterocycles. The Kier molecular flexibility index (Phi) is 3.55. The van der Waals surface area contributed by atoms with Crippen LogP contribution >= 0.6 is 0 Å². The molecule has 0 radical (unpaired) electrons. The van der Waals surface area contributed by atoms with Crippen molar-refractivity contribution in [3.8, 4) is 0 Å². The molecule has 1 spiro atoms. The van der Waals surface area contributed by atoms with Crippen molar-refractivity contribution < 1.29 is 9.53 Å². The first-order chi connectivity index (χ1) is 11.1. The second-order valence-electron chi connectivity index (χ2n) is 7.17. The fraction of sp³-hybridized carbons (Fsp3) is 0.812. The van der Waals surface area contributed by atoms with Gasteiger partial charge in [0, 0.05) is 33.1 Å². The summed E-state index contributed by atoms with van der Waals surface area (Å²) in [7, 11) is 1.66. The van der Waals surface area contributed by atoms with Gasteiger partial charge in [-0.2, -0.15) is 5.10 Å². The molecule has 126 valence electrons. The predicted octanol–water partition coefficient (Wildman–Crippen LogP) is 0.316. The molecule has 1 unspecified atom stereocenters. The van der Waals surface area contributed by atoms with Crippen LogP contribution in [-0.4, -0.2) is 50.5 Å². The summed E-state index contributed by atoms with van der Waals surface area (Å²) in [5.74, 6) is 0.873. The summed E-state index contributed by atoms with van der Waals surface area (Å²) < 4.78 is 9.04. The number of amides is 1. The number of hydrogen-bond acceptors (Lipinski definition) is 4. The monoisotopic (exact) mass is 320 g/mol. The number of aryl methyl sites for hydroxylation is 2. The number of rotatable bonds is 1. The van der Waals surface area contributed by atoms with E-state index in [1.165, 1.54) is 17.5 Å². The summed E-state index contributed by atoms with van der Waals surface area (Å²) in [6, 6.07) is 0. The molecule has 0 aromatic carbocycles. The minimum atomic E-state index is -0.119. The standard InChI is InChI=1S/C16H24N4O3/c1-18-15(22)20-10-12(4-5-13(20)17-18)14(21)19-8-9-23-16(11-19)6-2-3-7-16/h12H,2-11H2,1H3. The van der Waals surface area contributed by atoms with E-state index in [0.717, 1.165) is 31.6 Å². The van der Waals surface area contributed by atoms with E-state index >= 15 is 0 Å². The summed E-state index contributed by atoms with van der Waals surface area (Å²) in [5, 5.41) is 4.24. The smallest absolute Gasteiger partial charge is 0.345 e. The number of fused-ring (bicyclic) bond motifs is 1. The number of ether oxygens (including phenoxy) is 1. The fourth-order valence-electron chi connectivity index (χ4n) is 4.35. The molecule has 0 bridgehead atoms. The van der Waals surface area contributed by atoms with Crippen LogP contribution in [0.15, 0.2) is 4.79 Å². The van der Waals surface area contributed by atoms with E-state index in [9.17, 15) is 9.59 Å². The maximum absolute atomic E-state index is 12.9. The third-order valence-corrected chi connectivity index (χ3v) is 5.63. The van der Waals surface area contributed by atoms with Crippen LogP contribution in [0.4, 0.5) is 0 Å². The van der Waals surface area contributed by atoms with E-state index < -0.39 is 0 Å². The van der Waals surface area contributed by atoms with Gasteiger partial charge in [-0.25, -0.2) is 9.48 Å². The number of aromatic nitrogens is 3. The van der Waals surface area contributed by atoms with Crippen LogP contribution in [0.2, 0.25) is 0 Å². The Bertz CT molecular complexity index is 671. The number of hydrogen-bond donors (Lipinski definition) is 0. The lowest BCUT2D eigenvalue weighted by Gasteiger charge is -2.42. The van der Waals surface area contributed by atoms with Crippen molar-refractivity contribution in [2.45, 2.75) is 50.7 Å². The Morgan fingerprint density at radius 2 is 2.13 bits per heavy atom. The van der Waals surface area contributed by atoms with Crippen molar-refractivity contribution in [3.63, 3.8) is 0 Å². The van der Waals surface area contributed by atoms with Gasteiger partial charge >= 0.3 is 5.69 Å². The largest absolute Gasteiger partial charge is 0.371 e. The first kappa shape index (κ1) is 14.9. The van der Waals surface area contributed by atoms with E-state index in [2.05, 4.69) is 5.10 Å². The van der Waals surface area contributed by atoms with E-state index in [-0.39, 0.29) is 23.1 Å². The van der Waals surface area contributed by atoms with Gasteiger partial charge in [0.15, 0.2) is 0 Å². The minimum Gasteiger partial charge on any atom is -0.371 e. The molecule has 7 heteroatoms. The highest BCUT2D eigenvalue weighted by Crippen LogP contribution is 2.36. The topological polar surface area (TPSA) is 69.4 Å². The Morgan fingerprint density at radius 1 is 1.35 bits per heavy atom. The molecular formula is C16H24N4O3. The van der Waals surface area contributed by atoms with Gasteiger partial charge in [-0.3, -0.25) is 9.36 Å². The molecule has 1 saturated heterocycles. The zero-order chi connectivity index (χ0) is 16.0. The molecule has 0 N–H and O–H groups in total. The van der Waals surface area contributed by atoms with Gasteiger partial charge in [0.2, 0.25) is 5.91 Å². The fourth-order valence-corrected chi connectivity index (χ4v) is 4.35. The molecule has 1 amide bonds.